The first kappa shape index (κ1) is 11.0. The number of para-hydroxylation sites is 1. The smallest absolute Gasteiger partial charge is 0.181 e. The summed E-state index contributed by atoms with van der Waals surface area (Å²) >= 11 is 0. The Kier molecular flexibility index (Phi) is 3.52. The van der Waals surface area contributed by atoms with E-state index in [1.807, 2.05) is 6.92 Å². The molecule has 0 amide bonds. The monoisotopic (exact) mass is 214 g/mol. The molecule has 0 saturated heterocycles. The van der Waals surface area contributed by atoms with Crippen molar-refractivity contribution >= 4 is 9.84 Å². The van der Waals surface area contributed by atoms with Crippen molar-refractivity contribution in [2.75, 3.05) is 12.4 Å². The van der Waals surface area contributed by atoms with E-state index in [9.17, 15) is 8.42 Å². The summed E-state index contributed by atoms with van der Waals surface area (Å²) in [5, 5.41) is 0. The first-order valence-electron chi connectivity index (χ1n) is 4.56. The van der Waals surface area contributed by atoms with Gasteiger partial charge in [0.15, 0.2) is 9.84 Å². The fraction of sp³-hybridized carbons (Fsp3) is 0.400. The maximum atomic E-state index is 11.6. The average Bonchev–Trinajstić information content (AvgIpc) is 2.19. The van der Waals surface area contributed by atoms with Crippen molar-refractivity contribution in [3.63, 3.8) is 0 Å². The zero-order valence-electron chi connectivity index (χ0n) is 8.36. The molecule has 0 unspecified atom stereocenters. The minimum atomic E-state index is -3.18. The van der Waals surface area contributed by atoms with Crippen LogP contribution in [0.5, 0.6) is 5.75 Å². The average molecular weight is 214 g/mol. The molecule has 0 bridgehead atoms. The maximum absolute atomic E-state index is 11.6. The van der Waals surface area contributed by atoms with Gasteiger partial charge in [-0.3, -0.25) is 0 Å². The Bertz CT molecular complexity index is 396. The minimum absolute atomic E-state index is 0.0943. The number of hydrogen-bond acceptors (Lipinski definition) is 3. The van der Waals surface area contributed by atoms with Gasteiger partial charge in [0.2, 0.25) is 0 Å². The molecule has 0 saturated carbocycles. The summed E-state index contributed by atoms with van der Waals surface area (Å²) in [6, 6.07) is 6.71. The summed E-state index contributed by atoms with van der Waals surface area (Å²) in [4.78, 5) is 0.282. The fourth-order valence-corrected chi connectivity index (χ4v) is 2.17. The van der Waals surface area contributed by atoms with E-state index in [0.717, 1.165) is 0 Å². The predicted molar refractivity (Wildman–Crippen MR) is 55.3 cm³/mol. The van der Waals surface area contributed by atoms with Gasteiger partial charge in [0, 0.05) is 0 Å². The van der Waals surface area contributed by atoms with Crippen molar-refractivity contribution in [1.82, 2.24) is 0 Å². The Morgan fingerprint density at radius 3 is 2.43 bits per heavy atom. The summed E-state index contributed by atoms with van der Waals surface area (Å²) in [7, 11) is -3.18. The lowest BCUT2D eigenvalue weighted by molar-refractivity contribution is 0.331. The molecule has 0 heterocycles. The lowest BCUT2D eigenvalue weighted by atomic mass is 10.3. The number of rotatable bonds is 4. The molecule has 1 aromatic rings. The van der Waals surface area contributed by atoms with E-state index in [2.05, 4.69) is 0 Å². The summed E-state index contributed by atoms with van der Waals surface area (Å²) in [5.74, 6) is 0.536. The van der Waals surface area contributed by atoms with Crippen LogP contribution in [0.15, 0.2) is 29.2 Å². The Morgan fingerprint density at radius 1 is 1.21 bits per heavy atom. The van der Waals surface area contributed by atoms with Crippen LogP contribution in [-0.4, -0.2) is 20.8 Å². The van der Waals surface area contributed by atoms with Gasteiger partial charge in [-0.15, -0.1) is 0 Å². The number of hydrogen-bond donors (Lipinski definition) is 0. The Labute approximate surface area is 84.6 Å². The molecule has 0 N–H and O–H groups in total. The Hall–Kier alpha value is -1.03. The third-order valence-corrected chi connectivity index (χ3v) is 3.63. The van der Waals surface area contributed by atoms with Crippen LogP contribution in [-0.2, 0) is 9.84 Å². The van der Waals surface area contributed by atoms with Gasteiger partial charge >= 0.3 is 0 Å². The molecule has 14 heavy (non-hydrogen) atoms. The molecular formula is C10H14O3S. The first-order chi connectivity index (χ1) is 6.61. The van der Waals surface area contributed by atoms with Crippen LogP contribution >= 0.6 is 0 Å². The highest BCUT2D eigenvalue weighted by molar-refractivity contribution is 7.91. The van der Waals surface area contributed by atoms with Crippen LogP contribution < -0.4 is 4.74 Å². The van der Waals surface area contributed by atoms with Crippen molar-refractivity contribution in [2.45, 2.75) is 18.7 Å². The van der Waals surface area contributed by atoms with Crippen LogP contribution in [0.2, 0.25) is 0 Å². The quantitative estimate of drug-likeness (QED) is 0.768. The molecule has 0 aromatic heterocycles. The van der Waals surface area contributed by atoms with Gasteiger partial charge in [-0.05, 0) is 19.1 Å². The Balaban J connectivity index is 3.20. The van der Waals surface area contributed by atoms with E-state index < -0.39 is 9.84 Å². The molecule has 3 nitrogen and oxygen atoms in total. The number of ether oxygens (including phenoxy) is 1. The lowest BCUT2D eigenvalue weighted by Crippen LogP contribution is -2.06. The van der Waals surface area contributed by atoms with Gasteiger partial charge in [0.05, 0.1) is 12.4 Å². The van der Waals surface area contributed by atoms with E-state index in [4.69, 9.17) is 4.74 Å². The molecule has 0 aliphatic heterocycles. The van der Waals surface area contributed by atoms with Crippen molar-refractivity contribution in [3.8, 4) is 5.75 Å². The molecule has 1 rings (SSSR count). The van der Waals surface area contributed by atoms with Crippen LogP contribution in [0.3, 0.4) is 0 Å². The summed E-state index contributed by atoms with van der Waals surface area (Å²) in [6.45, 7) is 3.92. The van der Waals surface area contributed by atoms with Gasteiger partial charge in [-0.1, -0.05) is 19.1 Å². The highest BCUT2D eigenvalue weighted by atomic mass is 32.2. The van der Waals surface area contributed by atoms with Crippen LogP contribution in [0.4, 0.5) is 0 Å². The topological polar surface area (TPSA) is 43.4 Å². The second kappa shape index (κ2) is 4.46. The Morgan fingerprint density at radius 2 is 1.86 bits per heavy atom. The molecule has 78 valence electrons. The molecule has 0 aliphatic carbocycles. The van der Waals surface area contributed by atoms with E-state index in [-0.39, 0.29) is 10.6 Å². The van der Waals surface area contributed by atoms with Crippen molar-refractivity contribution in [3.05, 3.63) is 24.3 Å². The van der Waals surface area contributed by atoms with Gasteiger partial charge < -0.3 is 4.74 Å². The SMILES string of the molecule is CCOc1ccccc1S(=O)(=O)CC. The third-order valence-electron chi connectivity index (χ3n) is 1.86. The summed E-state index contributed by atoms with van der Waals surface area (Å²) in [5.41, 5.74) is 0. The second-order valence-corrected chi connectivity index (χ2v) is 5.03. The van der Waals surface area contributed by atoms with Crippen molar-refractivity contribution < 1.29 is 13.2 Å². The summed E-state index contributed by atoms with van der Waals surface area (Å²) in [6.07, 6.45) is 0. The van der Waals surface area contributed by atoms with E-state index in [0.29, 0.717) is 12.4 Å². The van der Waals surface area contributed by atoms with Gasteiger partial charge in [-0.2, -0.15) is 0 Å². The zero-order chi connectivity index (χ0) is 10.6. The third kappa shape index (κ3) is 2.26. The number of benzene rings is 1. The first-order valence-corrected chi connectivity index (χ1v) is 6.21. The standard InChI is InChI=1S/C10H14O3S/c1-3-13-9-7-5-6-8-10(9)14(11,12)4-2/h5-8H,3-4H2,1-2H3. The molecule has 1 aromatic carbocycles. The van der Waals surface area contributed by atoms with Crippen molar-refractivity contribution in [1.29, 1.82) is 0 Å². The second-order valence-electron chi connectivity index (χ2n) is 2.78. The normalized spacial score (nSPS) is 11.3. The largest absolute Gasteiger partial charge is 0.493 e. The highest BCUT2D eigenvalue weighted by Gasteiger charge is 2.16. The fourth-order valence-electron chi connectivity index (χ4n) is 1.14. The van der Waals surface area contributed by atoms with Gasteiger partial charge in [0.1, 0.15) is 10.6 Å². The van der Waals surface area contributed by atoms with Crippen molar-refractivity contribution in [2.24, 2.45) is 0 Å². The van der Waals surface area contributed by atoms with E-state index >= 15 is 0 Å². The van der Waals surface area contributed by atoms with E-state index in [1.54, 1.807) is 31.2 Å². The molecular weight excluding hydrogens is 200 g/mol. The van der Waals surface area contributed by atoms with Gasteiger partial charge in [0.25, 0.3) is 0 Å². The zero-order valence-corrected chi connectivity index (χ0v) is 9.17. The lowest BCUT2D eigenvalue weighted by Gasteiger charge is -2.08. The maximum Gasteiger partial charge on any atom is 0.181 e. The van der Waals surface area contributed by atoms with Crippen LogP contribution in [0, 0.1) is 0 Å². The molecule has 0 spiro atoms. The predicted octanol–water partition coefficient (Wildman–Crippen LogP) is 1.88. The molecule has 0 atom stereocenters. The minimum Gasteiger partial charge on any atom is -0.493 e. The van der Waals surface area contributed by atoms with Crippen LogP contribution in [0.1, 0.15) is 13.8 Å². The van der Waals surface area contributed by atoms with Gasteiger partial charge in [-0.25, -0.2) is 8.42 Å². The molecule has 4 heteroatoms. The molecule has 0 fully saturated rings. The molecule has 0 aliphatic rings. The van der Waals surface area contributed by atoms with E-state index in [1.165, 1.54) is 0 Å². The molecule has 0 radical (unpaired) electrons. The highest BCUT2D eigenvalue weighted by Crippen LogP contribution is 2.23. The van der Waals surface area contributed by atoms with Crippen LogP contribution in [0.25, 0.3) is 0 Å². The number of sulfone groups is 1. The summed E-state index contributed by atoms with van der Waals surface area (Å²) < 4.78 is 28.5.